The Morgan fingerprint density at radius 3 is 2.40 bits per heavy atom. The van der Waals surface area contributed by atoms with Gasteiger partial charge in [-0.2, -0.15) is 8.78 Å². The molecule has 0 saturated heterocycles. The highest BCUT2D eigenvalue weighted by atomic mass is 32.2. The fourth-order valence-corrected chi connectivity index (χ4v) is 2.51. The molecule has 0 bridgehead atoms. The van der Waals surface area contributed by atoms with E-state index < -0.39 is 23.7 Å². The zero-order chi connectivity index (χ0) is 18.6. The maximum absolute atomic E-state index is 12.3. The molecule has 0 saturated carbocycles. The summed E-state index contributed by atoms with van der Waals surface area (Å²) in [5.41, 5.74) is 0.971. The second kappa shape index (κ2) is 8.11. The van der Waals surface area contributed by atoms with Crippen molar-refractivity contribution in [3.8, 4) is 0 Å². The molecule has 0 aliphatic carbocycles. The third-order valence-corrected chi connectivity index (χ3v) is 3.96. The third kappa shape index (κ3) is 5.02. The number of carbonyl (C=O) groups is 2. The summed E-state index contributed by atoms with van der Waals surface area (Å²) in [7, 11) is 0. The van der Waals surface area contributed by atoms with Gasteiger partial charge < -0.3 is 14.6 Å². The largest absolute Gasteiger partial charge is 0.449 e. The Kier molecular flexibility index (Phi) is 6.13. The smallest absolute Gasteiger partial charge is 0.344 e. The number of aromatic nitrogens is 1. The third-order valence-electron chi connectivity index (χ3n) is 3.24. The van der Waals surface area contributed by atoms with Crippen molar-refractivity contribution in [2.45, 2.75) is 37.5 Å². The molecule has 6 nitrogen and oxygen atoms in total. The van der Waals surface area contributed by atoms with Crippen LogP contribution in [0.5, 0.6) is 0 Å². The number of hydrogen-bond acceptors (Lipinski definition) is 6. The second-order valence-corrected chi connectivity index (χ2v) is 6.20. The Hall–Kier alpha value is -2.42. The first-order chi connectivity index (χ1) is 11.8. The lowest BCUT2D eigenvalue weighted by molar-refractivity contribution is -0.123. The number of benzene rings is 1. The molecule has 0 fully saturated rings. The Bertz CT molecular complexity index is 742. The van der Waals surface area contributed by atoms with Gasteiger partial charge in [0.2, 0.25) is 0 Å². The molecule has 0 spiro atoms. The molecule has 1 aromatic carbocycles. The summed E-state index contributed by atoms with van der Waals surface area (Å²) in [5.74, 6) is -3.46. The number of halogens is 2. The van der Waals surface area contributed by atoms with Crippen molar-refractivity contribution in [1.82, 2.24) is 5.16 Å². The second-order valence-electron chi connectivity index (χ2n) is 5.14. The average Bonchev–Trinajstić information content (AvgIpc) is 2.87. The van der Waals surface area contributed by atoms with Gasteiger partial charge in [-0.25, -0.2) is 4.79 Å². The van der Waals surface area contributed by atoms with E-state index in [1.807, 2.05) is 0 Å². The van der Waals surface area contributed by atoms with E-state index in [9.17, 15) is 18.4 Å². The van der Waals surface area contributed by atoms with E-state index in [-0.39, 0.29) is 5.56 Å². The van der Waals surface area contributed by atoms with E-state index in [0.29, 0.717) is 33.8 Å². The number of aryl methyl sites for hydroxylation is 2. The summed E-state index contributed by atoms with van der Waals surface area (Å²) < 4.78 is 34.5. The highest BCUT2D eigenvalue weighted by molar-refractivity contribution is 7.99. The van der Waals surface area contributed by atoms with E-state index >= 15 is 0 Å². The Morgan fingerprint density at radius 2 is 1.88 bits per heavy atom. The number of rotatable bonds is 6. The van der Waals surface area contributed by atoms with Crippen LogP contribution in [0, 0.1) is 13.8 Å². The Morgan fingerprint density at radius 1 is 1.24 bits per heavy atom. The molecule has 1 heterocycles. The molecule has 2 rings (SSSR count). The number of esters is 1. The summed E-state index contributed by atoms with van der Waals surface area (Å²) in [6, 6.07) is 5.91. The van der Waals surface area contributed by atoms with E-state index in [4.69, 9.17) is 9.26 Å². The maximum Gasteiger partial charge on any atom is 0.344 e. The van der Waals surface area contributed by atoms with E-state index in [0.717, 1.165) is 0 Å². The Balaban J connectivity index is 1.95. The predicted octanol–water partition coefficient (Wildman–Crippen LogP) is 3.79. The normalized spacial score (nSPS) is 12.1. The first-order valence-electron chi connectivity index (χ1n) is 7.27. The monoisotopic (exact) mass is 370 g/mol. The lowest BCUT2D eigenvalue weighted by Crippen LogP contribution is -2.30. The van der Waals surface area contributed by atoms with E-state index in [2.05, 4.69) is 10.5 Å². The molecule has 0 radical (unpaired) electrons. The summed E-state index contributed by atoms with van der Waals surface area (Å²) in [4.78, 5) is 24.6. The van der Waals surface area contributed by atoms with Gasteiger partial charge in [-0.3, -0.25) is 4.79 Å². The minimum Gasteiger partial charge on any atom is -0.449 e. The molecule has 1 N–H and O–H groups in total. The minimum absolute atomic E-state index is 0.188. The van der Waals surface area contributed by atoms with Gasteiger partial charge in [0, 0.05) is 10.6 Å². The zero-order valence-corrected chi connectivity index (χ0v) is 14.5. The van der Waals surface area contributed by atoms with Gasteiger partial charge in [0.1, 0.15) is 11.3 Å². The van der Waals surface area contributed by atoms with Crippen LogP contribution in [0.4, 0.5) is 14.5 Å². The summed E-state index contributed by atoms with van der Waals surface area (Å²) in [6.07, 6.45) is -1.06. The first kappa shape index (κ1) is 18.9. The molecule has 0 aliphatic rings. The molecular formula is C16H16F2N2O4S. The molecule has 0 aliphatic heterocycles. The number of nitrogens with zero attached hydrogens (tertiary/aromatic N) is 1. The molecule has 1 aromatic heterocycles. The number of amides is 1. The van der Waals surface area contributed by atoms with Gasteiger partial charge in [-0.05, 0) is 45.0 Å². The van der Waals surface area contributed by atoms with Gasteiger partial charge in [-0.15, -0.1) is 0 Å². The fraction of sp³-hybridized carbons (Fsp3) is 0.312. The standard InChI is InChI=1S/C16H16F2N2O4S/c1-8-13(9(2)24-20-8)15(22)23-10(3)14(21)19-11-4-6-12(7-5-11)25-16(17)18/h4-7,10,16H,1-3H3,(H,19,21)/t10-/m1/s1. The molecule has 134 valence electrons. The molecule has 1 atom stereocenters. The fourth-order valence-electron chi connectivity index (χ4n) is 2.01. The molecule has 25 heavy (non-hydrogen) atoms. The highest BCUT2D eigenvalue weighted by Crippen LogP contribution is 2.26. The van der Waals surface area contributed by atoms with Crippen molar-refractivity contribution in [3.05, 3.63) is 41.3 Å². The first-order valence-corrected chi connectivity index (χ1v) is 8.15. The van der Waals surface area contributed by atoms with Gasteiger partial charge in [-0.1, -0.05) is 16.9 Å². The van der Waals surface area contributed by atoms with Gasteiger partial charge in [0.25, 0.3) is 11.7 Å². The van der Waals surface area contributed by atoms with Crippen LogP contribution in [0.3, 0.4) is 0 Å². The van der Waals surface area contributed by atoms with Gasteiger partial charge in [0.15, 0.2) is 6.10 Å². The number of hydrogen-bond donors (Lipinski definition) is 1. The number of alkyl halides is 2. The summed E-state index contributed by atoms with van der Waals surface area (Å²) >= 11 is 0.412. The molecule has 0 unspecified atom stereocenters. The van der Waals surface area contributed by atoms with Crippen LogP contribution < -0.4 is 5.32 Å². The predicted molar refractivity (Wildman–Crippen MR) is 87.8 cm³/mol. The van der Waals surface area contributed by atoms with Crippen molar-refractivity contribution in [2.75, 3.05) is 5.32 Å². The van der Waals surface area contributed by atoms with Crippen molar-refractivity contribution >= 4 is 29.3 Å². The van der Waals surface area contributed by atoms with E-state index in [1.165, 1.54) is 31.2 Å². The van der Waals surface area contributed by atoms with Gasteiger partial charge >= 0.3 is 5.97 Å². The maximum atomic E-state index is 12.3. The van der Waals surface area contributed by atoms with Crippen LogP contribution in [0.15, 0.2) is 33.7 Å². The molecular weight excluding hydrogens is 354 g/mol. The van der Waals surface area contributed by atoms with Crippen LogP contribution in [0.1, 0.15) is 28.7 Å². The zero-order valence-electron chi connectivity index (χ0n) is 13.7. The van der Waals surface area contributed by atoms with Crippen molar-refractivity contribution in [1.29, 1.82) is 0 Å². The molecule has 9 heteroatoms. The number of ether oxygens (including phenoxy) is 1. The SMILES string of the molecule is Cc1noc(C)c1C(=O)O[C@H](C)C(=O)Nc1ccc(SC(F)F)cc1. The van der Waals surface area contributed by atoms with Crippen LogP contribution in [-0.2, 0) is 9.53 Å². The molecule has 2 aromatic rings. The number of nitrogens with one attached hydrogen (secondary N) is 1. The topological polar surface area (TPSA) is 81.4 Å². The number of carbonyl (C=O) groups excluding carboxylic acids is 2. The average molecular weight is 370 g/mol. The lowest BCUT2D eigenvalue weighted by atomic mass is 10.2. The lowest BCUT2D eigenvalue weighted by Gasteiger charge is -2.13. The van der Waals surface area contributed by atoms with Crippen molar-refractivity contribution in [3.63, 3.8) is 0 Å². The van der Waals surface area contributed by atoms with Crippen LogP contribution in [0.2, 0.25) is 0 Å². The number of thioether (sulfide) groups is 1. The van der Waals surface area contributed by atoms with Crippen molar-refractivity contribution in [2.24, 2.45) is 0 Å². The quantitative estimate of drug-likeness (QED) is 0.615. The van der Waals surface area contributed by atoms with Crippen LogP contribution in [-0.4, -0.2) is 28.9 Å². The van der Waals surface area contributed by atoms with Gasteiger partial charge in [0.05, 0.1) is 5.69 Å². The van der Waals surface area contributed by atoms with E-state index in [1.54, 1.807) is 13.8 Å². The van der Waals surface area contributed by atoms with Crippen molar-refractivity contribution < 1.29 is 27.6 Å². The molecule has 1 amide bonds. The summed E-state index contributed by atoms with van der Waals surface area (Å²) in [6.45, 7) is 4.59. The highest BCUT2D eigenvalue weighted by Gasteiger charge is 2.24. The van der Waals surface area contributed by atoms with Crippen LogP contribution in [0.25, 0.3) is 0 Å². The number of anilines is 1. The van der Waals surface area contributed by atoms with Crippen LogP contribution >= 0.6 is 11.8 Å². The Labute approximate surface area is 146 Å². The minimum atomic E-state index is -2.51. The summed E-state index contributed by atoms with van der Waals surface area (Å²) in [5, 5.41) is 6.20.